The summed E-state index contributed by atoms with van der Waals surface area (Å²) in [6.07, 6.45) is 3.24. The molecule has 3 rings (SSSR count). The molecule has 1 aromatic carbocycles. The average Bonchev–Trinajstić information content (AvgIpc) is 3.46. The number of carbonyl (C=O) groups excluding carboxylic acids is 1. The Balaban J connectivity index is 1.58. The van der Waals surface area contributed by atoms with Crippen molar-refractivity contribution in [3.8, 4) is 5.88 Å². The molecule has 1 fully saturated rings. The van der Waals surface area contributed by atoms with E-state index in [-0.39, 0.29) is 30.2 Å². The SMILES string of the molecule is CCCOc1ccc(C(CO)NC(=O)C2CC2c2ccc(F)cc2)cn1. The highest BCUT2D eigenvalue weighted by Gasteiger charge is 2.44. The quantitative estimate of drug-likeness (QED) is 0.761. The summed E-state index contributed by atoms with van der Waals surface area (Å²) in [5.41, 5.74) is 1.69. The minimum Gasteiger partial charge on any atom is -0.478 e. The van der Waals surface area contributed by atoms with Gasteiger partial charge in [0.15, 0.2) is 0 Å². The lowest BCUT2D eigenvalue weighted by atomic mass is 10.1. The van der Waals surface area contributed by atoms with Gasteiger partial charge in [0.1, 0.15) is 5.82 Å². The maximum absolute atomic E-state index is 13.0. The van der Waals surface area contributed by atoms with Crippen LogP contribution < -0.4 is 10.1 Å². The van der Waals surface area contributed by atoms with E-state index in [0.29, 0.717) is 12.5 Å². The maximum atomic E-state index is 13.0. The number of aliphatic hydroxyl groups excluding tert-OH is 1. The van der Waals surface area contributed by atoms with Crippen LogP contribution in [0.5, 0.6) is 5.88 Å². The molecule has 6 heteroatoms. The van der Waals surface area contributed by atoms with E-state index in [1.807, 2.05) is 6.92 Å². The number of hydrogen-bond donors (Lipinski definition) is 2. The van der Waals surface area contributed by atoms with Crippen LogP contribution in [0.2, 0.25) is 0 Å². The Bertz CT molecular complexity index is 734. The molecule has 1 aromatic heterocycles. The van der Waals surface area contributed by atoms with Crippen molar-refractivity contribution in [2.45, 2.75) is 31.7 Å². The summed E-state index contributed by atoms with van der Waals surface area (Å²) < 4.78 is 18.4. The summed E-state index contributed by atoms with van der Waals surface area (Å²) in [5, 5.41) is 12.5. The Labute approximate surface area is 152 Å². The second kappa shape index (κ2) is 8.27. The van der Waals surface area contributed by atoms with Crippen molar-refractivity contribution in [1.29, 1.82) is 0 Å². The molecule has 0 saturated heterocycles. The van der Waals surface area contributed by atoms with E-state index in [1.165, 1.54) is 12.1 Å². The lowest BCUT2D eigenvalue weighted by Crippen LogP contribution is -2.32. The van der Waals surface area contributed by atoms with Crippen LogP contribution in [0.1, 0.15) is 42.9 Å². The van der Waals surface area contributed by atoms with Crippen molar-refractivity contribution in [3.05, 3.63) is 59.5 Å². The number of rotatable bonds is 8. The fourth-order valence-corrected chi connectivity index (χ4v) is 2.97. The minimum absolute atomic E-state index is 0.107. The van der Waals surface area contributed by atoms with Gasteiger partial charge in [-0.3, -0.25) is 4.79 Å². The number of amides is 1. The van der Waals surface area contributed by atoms with E-state index in [2.05, 4.69) is 10.3 Å². The summed E-state index contributed by atoms with van der Waals surface area (Å²) in [6, 6.07) is 9.28. The van der Waals surface area contributed by atoms with Gasteiger partial charge in [-0.2, -0.15) is 0 Å². The molecule has 1 amide bonds. The van der Waals surface area contributed by atoms with Gasteiger partial charge >= 0.3 is 0 Å². The zero-order valence-electron chi connectivity index (χ0n) is 14.7. The van der Waals surface area contributed by atoms with E-state index in [0.717, 1.165) is 24.0 Å². The molecule has 0 bridgehead atoms. The summed E-state index contributed by atoms with van der Waals surface area (Å²) in [5.74, 6) is 0.101. The molecule has 3 unspecified atom stereocenters. The van der Waals surface area contributed by atoms with Gasteiger partial charge in [-0.05, 0) is 48.1 Å². The summed E-state index contributed by atoms with van der Waals surface area (Å²) >= 11 is 0. The smallest absolute Gasteiger partial charge is 0.224 e. The molecule has 5 nitrogen and oxygen atoms in total. The fraction of sp³-hybridized carbons (Fsp3) is 0.400. The molecule has 26 heavy (non-hydrogen) atoms. The third kappa shape index (κ3) is 4.38. The van der Waals surface area contributed by atoms with E-state index in [4.69, 9.17) is 4.74 Å². The topological polar surface area (TPSA) is 71.5 Å². The molecule has 1 aliphatic rings. The van der Waals surface area contributed by atoms with E-state index >= 15 is 0 Å². The van der Waals surface area contributed by atoms with E-state index in [1.54, 1.807) is 30.5 Å². The molecule has 2 N–H and O–H groups in total. The third-order valence-corrected chi connectivity index (χ3v) is 4.54. The molecule has 0 radical (unpaired) electrons. The standard InChI is InChI=1S/C20H23FN2O3/c1-2-9-26-19-8-5-14(11-22-19)18(12-24)23-20(25)17-10-16(17)13-3-6-15(21)7-4-13/h3-8,11,16-18,24H,2,9-10,12H2,1H3,(H,23,25). The van der Waals surface area contributed by atoms with Crippen molar-refractivity contribution in [1.82, 2.24) is 10.3 Å². The number of ether oxygens (including phenoxy) is 1. The molecule has 1 aliphatic carbocycles. The second-order valence-electron chi connectivity index (χ2n) is 6.52. The van der Waals surface area contributed by atoms with Crippen LogP contribution >= 0.6 is 0 Å². The van der Waals surface area contributed by atoms with Crippen molar-refractivity contribution < 1.29 is 19.0 Å². The van der Waals surface area contributed by atoms with Crippen LogP contribution in [0.3, 0.4) is 0 Å². The van der Waals surface area contributed by atoms with Gasteiger partial charge < -0.3 is 15.2 Å². The highest BCUT2D eigenvalue weighted by Crippen LogP contribution is 2.47. The predicted molar refractivity (Wildman–Crippen MR) is 95.2 cm³/mol. The first-order chi connectivity index (χ1) is 12.6. The number of nitrogens with zero attached hydrogens (tertiary/aromatic N) is 1. The van der Waals surface area contributed by atoms with Crippen LogP contribution in [0.15, 0.2) is 42.6 Å². The van der Waals surface area contributed by atoms with E-state index < -0.39 is 6.04 Å². The monoisotopic (exact) mass is 358 g/mol. The first-order valence-electron chi connectivity index (χ1n) is 8.87. The molecule has 3 atom stereocenters. The largest absolute Gasteiger partial charge is 0.478 e. The number of aromatic nitrogens is 1. The van der Waals surface area contributed by atoms with Crippen LogP contribution in [-0.4, -0.2) is 29.2 Å². The highest BCUT2D eigenvalue weighted by atomic mass is 19.1. The van der Waals surface area contributed by atoms with Gasteiger partial charge in [0, 0.05) is 18.2 Å². The highest BCUT2D eigenvalue weighted by molar-refractivity contribution is 5.83. The normalized spacial score (nSPS) is 19.7. The molecule has 0 aliphatic heterocycles. The average molecular weight is 358 g/mol. The van der Waals surface area contributed by atoms with Crippen molar-refractivity contribution >= 4 is 5.91 Å². The van der Waals surface area contributed by atoms with Gasteiger partial charge in [0.2, 0.25) is 11.8 Å². The number of aliphatic hydroxyl groups is 1. The summed E-state index contributed by atoms with van der Waals surface area (Å²) in [6.45, 7) is 2.40. The zero-order chi connectivity index (χ0) is 18.5. The van der Waals surface area contributed by atoms with Crippen molar-refractivity contribution in [3.63, 3.8) is 0 Å². The van der Waals surface area contributed by atoms with E-state index in [9.17, 15) is 14.3 Å². The molecular formula is C20H23FN2O3. The maximum Gasteiger partial charge on any atom is 0.224 e. The Morgan fingerprint density at radius 1 is 1.35 bits per heavy atom. The number of carbonyl (C=O) groups is 1. The van der Waals surface area contributed by atoms with Crippen LogP contribution in [-0.2, 0) is 4.79 Å². The molecular weight excluding hydrogens is 335 g/mol. The number of nitrogens with one attached hydrogen (secondary N) is 1. The van der Waals surface area contributed by atoms with Gasteiger partial charge in [0.05, 0.1) is 19.3 Å². The lowest BCUT2D eigenvalue weighted by molar-refractivity contribution is -0.123. The van der Waals surface area contributed by atoms with Gasteiger partial charge in [-0.15, -0.1) is 0 Å². The molecule has 1 saturated carbocycles. The van der Waals surface area contributed by atoms with Gasteiger partial charge in [0.25, 0.3) is 0 Å². The fourth-order valence-electron chi connectivity index (χ4n) is 2.97. The van der Waals surface area contributed by atoms with Gasteiger partial charge in [-0.1, -0.05) is 19.1 Å². The summed E-state index contributed by atoms with van der Waals surface area (Å²) in [4.78, 5) is 16.7. The van der Waals surface area contributed by atoms with Crippen LogP contribution in [0.25, 0.3) is 0 Å². The number of hydrogen-bond acceptors (Lipinski definition) is 4. The molecule has 2 aromatic rings. The first-order valence-corrected chi connectivity index (χ1v) is 8.87. The van der Waals surface area contributed by atoms with Crippen LogP contribution in [0, 0.1) is 11.7 Å². The minimum atomic E-state index is -0.510. The Hall–Kier alpha value is -2.47. The summed E-state index contributed by atoms with van der Waals surface area (Å²) in [7, 11) is 0. The Kier molecular flexibility index (Phi) is 5.83. The molecule has 0 spiro atoms. The predicted octanol–water partition coefficient (Wildman–Crippen LogP) is 2.96. The lowest BCUT2D eigenvalue weighted by Gasteiger charge is -2.17. The van der Waals surface area contributed by atoms with Crippen molar-refractivity contribution in [2.75, 3.05) is 13.2 Å². The Morgan fingerprint density at radius 3 is 2.73 bits per heavy atom. The third-order valence-electron chi connectivity index (χ3n) is 4.54. The number of pyridine rings is 1. The zero-order valence-corrected chi connectivity index (χ0v) is 14.7. The number of halogens is 1. The van der Waals surface area contributed by atoms with Gasteiger partial charge in [-0.25, -0.2) is 9.37 Å². The van der Waals surface area contributed by atoms with Crippen molar-refractivity contribution in [2.24, 2.45) is 5.92 Å². The molecule has 138 valence electrons. The Morgan fingerprint density at radius 2 is 2.12 bits per heavy atom. The van der Waals surface area contributed by atoms with Crippen LogP contribution in [0.4, 0.5) is 4.39 Å². The second-order valence-corrected chi connectivity index (χ2v) is 6.52. The number of benzene rings is 1. The first kappa shape index (κ1) is 18.3. The molecule has 1 heterocycles.